The molecule has 5 heterocycles. The van der Waals surface area contributed by atoms with Gasteiger partial charge in [-0.1, -0.05) is 103 Å². The molecule has 0 saturated carbocycles. The summed E-state index contributed by atoms with van der Waals surface area (Å²) in [5, 5.41) is 5.45. The van der Waals surface area contributed by atoms with Crippen molar-refractivity contribution in [3.63, 3.8) is 0 Å². The van der Waals surface area contributed by atoms with E-state index in [1.54, 1.807) is 0 Å². The first kappa shape index (κ1) is 48.3. The second kappa shape index (κ2) is 20.2. The topological polar surface area (TPSA) is 180 Å². The molecule has 8 rings (SSSR count). The van der Waals surface area contributed by atoms with Gasteiger partial charge in [-0.2, -0.15) is 0 Å². The number of nitrogens with one attached hydrogen (secondary N) is 4. The number of likely N-dealkylation sites (tertiary alicyclic amines) is 2. The molecule has 0 spiro atoms. The second-order valence-corrected chi connectivity index (χ2v) is 19.9. The molecule has 69 heavy (non-hydrogen) atoms. The maximum atomic E-state index is 13.8. The minimum Gasteiger partial charge on any atom is -0.453 e. The molecular weight excluding hydrogens is 871 g/mol. The summed E-state index contributed by atoms with van der Waals surface area (Å²) in [4.78, 5) is 72.1. The maximum Gasteiger partial charge on any atom is 0.407 e. The molecule has 4 N–H and O–H groups in total. The molecule has 0 bridgehead atoms. The molecule has 0 unspecified atom stereocenters. The molecule has 6 aromatic rings. The highest BCUT2D eigenvalue weighted by molar-refractivity contribution is 5.87. The summed E-state index contributed by atoms with van der Waals surface area (Å²) >= 11 is 0. The SMILES string of the molecule is COC(=O)N[C@H](C(=O)N1CCC[C@H]1c1ncc(-c2ccc(-c3ccc(-c4cccc(-c5cnc([C@@H]6CCCN6C(=O)[C@@H](NC(=O)OC)C(C)C)[nH]5)c4)n3-c3ccc(C(C)(C)C)cc3)cc2)[nH]1)C(C)C. The van der Waals surface area contributed by atoms with Gasteiger partial charge in [-0.05, 0) is 95.5 Å². The number of hydrogen-bond donors (Lipinski definition) is 4. The van der Waals surface area contributed by atoms with E-state index in [4.69, 9.17) is 19.4 Å². The van der Waals surface area contributed by atoms with Crippen molar-refractivity contribution in [2.24, 2.45) is 11.8 Å². The number of carbonyl (C=O) groups is 4. The molecule has 2 fully saturated rings. The predicted molar refractivity (Wildman–Crippen MR) is 266 cm³/mol. The van der Waals surface area contributed by atoms with Crippen LogP contribution in [0.1, 0.15) is 103 Å². The molecule has 4 amide bonds. The van der Waals surface area contributed by atoms with Crippen molar-refractivity contribution < 1.29 is 28.7 Å². The molecule has 2 aliphatic rings. The lowest BCUT2D eigenvalue weighted by Gasteiger charge is -2.30. The van der Waals surface area contributed by atoms with Crippen LogP contribution in [-0.4, -0.2) is 97.7 Å². The normalized spacial score (nSPS) is 17.0. The van der Waals surface area contributed by atoms with Crippen LogP contribution in [-0.2, 0) is 24.5 Å². The van der Waals surface area contributed by atoms with Crippen LogP contribution in [0.15, 0.2) is 97.3 Å². The monoisotopic (exact) mass is 936 g/mol. The third-order valence-corrected chi connectivity index (χ3v) is 13.5. The predicted octanol–water partition coefficient (Wildman–Crippen LogP) is 9.98. The number of amides is 4. The maximum absolute atomic E-state index is 13.8. The molecule has 15 nitrogen and oxygen atoms in total. The Balaban J connectivity index is 1.07. The van der Waals surface area contributed by atoms with Crippen molar-refractivity contribution in [1.82, 2.24) is 44.9 Å². The molecule has 3 aromatic carbocycles. The van der Waals surface area contributed by atoms with Gasteiger partial charge in [0.05, 0.1) is 61.5 Å². The fourth-order valence-electron chi connectivity index (χ4n) is 9.63. The highest BCUT2D eigenvalue weighted by atomic mass is 16.5. The van der Waals surface area contributed by atoms with Crippen molar-refractivity contribution in [3.8, 4) is 50.7 Å². The molecule has 2 aliphatic heterocycles. The highest BCUT2D eigenvalue weighted by Crippen LogP contribution is 2.38. The fourth-order valence-corrected chi connectivity index (χ4v) is 9.63. The summed E-state index contributed by atoms with van der Waals surface area (Å²) in [6, 6.07) is 28.0. The van der Waals surface area contributed by atoms with E-state index in [2.05, 4.69) is 131 Å². The summed E-state index contributed by atoms with van der Waals surface area (Å²) in [5.74, 6) is 0.878. The van der Waals surface area contributed by atoms with Crippen LogP contribution >= 0.6 is 0 Å². The third-order valence-electron chi connectivity index (χ3n) is 13.5. The number of nitrogens with zero attached hydrogens (tertiary/aromatic N) is 5. The van der Waals surface area contributed by atoms with Crippen LogP contribution in [0.4, 0.5) is 9.59 Å². The smallest absolute Gasteiger partial charge is 0.407 e. The molecule has 3 aromatic heterocycles. The van der Waals surface area contributed by atoms with Gasteiger partial charge in [0, 0.05) is 24.3 Å². The van der Waals surface area contributed by atoms with Gasteiger partial charge < -0.3 is 44.4 Å². The second-order valence-electron chi connectivity index (χ2n) is 19.9. The molecule has 15 heteroatoms. The van der Waals surface area contributed by atoms with Gasteiger partial charge in [-0.3, -0.25) is 9.59 Å². The Morgan fingerprint density at radius 3 is 1.57 bits per heavy atom. The fraction of sp³-hybridized carbons (Fsp3) is 0.407. The van der Waals surface area contributed by atoms with E-state index in [0.29, 0.717) is 24.7 Å². The van der Waals surface area contributed by atoms with Crippen LogP contribution in [0, 0.1) is 11.8 Å². The summed E-state index contributed by atoms with van der Waals surface area (Å²) in [6.45, 7) is 15.4. The van der Waals surface area contributed by atoms with Crippen LogP contribution in [0.5, 0.6) is 0 Å². The lowest BCUT2D eigenvalue weighted by Crippen LogP contribution is -2.51. The Bertz CT molecular complexity index is 2780. The first-order valence-corrected chi connectivity index (χ1v) is 24.0. The lowest BCUT2D eigenvalue weighted by atomic mass is 9.87. The Morgan fingerprint density at radius 1 is 0.623 bits per heavy atom. The van der Waals surface area contributed by atoms with E-state index in [9.17, 15) is 19.2 Å². The zero-order valence-electron chi connectivity index (χ0n) is 41.1. The first-order chi connectivity index (χ1) is 33.1. The zero-order valence-corrected chi connectivity index (χ0v) is 41.1. The molecule has 0 aliphatic carbocycles. The van der Waals surface area contributed by atoms with Crippen LogP contribution in [0.3, 0.4) is 0 Å². The van der Waals surface area contributed by atoms with Crippen LogP contribution in [0.25, 0.3) is 50.7 Å². The van der Waals surface area contributed by atoms with Crippen molar-refractivity contribution in [2.75, 3.05) is 27.3 Å². The standard InChI is InChI=1S/C54H65N9O6/c1-32(2)46(59-52(66)68-8)50(64)61-27-11-15-44(61)48-55-30-40(57-48)34-17-19-35(20-18-34)42-25-26-43(63(42)39-23-21-38(22-24-39)54(5,6)7)37-14-10-13-36(29-37)41-31-56-49(58-41)45-16-12-28-62(45)51(65)47(33(3)4)60-53(67)69-9/h10,13-14,17-26,29-33,44-47H,11-12,15-16,27-28H2,1-9H3,(H,55,57)(H,56,58)(H,59,66)(H,60,67)/t44-,45-,46-,47-/m0/s1. The van der Waals surface area contributed by atoms with Crippen molar-refractivity contribution >= 4 is 24.0 Å². The average Bonchev–Trinajstić information content (AvgIpc) is 4.21. The molecule has 362 valence electrons. The van der Waals surface area contributed by atoms with Gasteiger partial charge in [0.25, 0.3) is 0 Å². The van der Waals surface area contributed by atoms with Gasteiger partial charge in [0.1, 0.15) is 23.7 Å². The molecular formula is C54H65N9O6. The molecule has 2 saturated heterocycles. The highest BCUT2D eigenvalue weighted by Gasteiger charge is 2.39. The van der Waals surface area contributed by atoms with Crippen molar-refractivity contribution in [2.45, 2.75) is 104 Å². The lowest BCUT2D eigenvalue weighted by molar-refractivity contribution is -0.136. The zero-order chi connectivity index (χ0) is 49.1. The van der Waals surface area contributed by atoms with E-state index >= 15 is 0 Å². The Morgan fingerprint density at radius 2 is 1.09 bits per heavy atom. The number of carbonyl (C=O) groups excluding carboxylic acids is 4. The Hall–Kier alpha value is -7.16. The number of methoxy groups -OCH3 is 2. The Kier molecular flexibility index (Phi) is 14.1. The largest absolute Gasteiger partial charge is 0.453 e. The summed E-state index contributed by atoms with van der Waals surface area (Å²) < 4.78 is 11.9. The van der Waals surface area contributed by atoms with E-state index in [1.165, 1.54) is 19.8 Å². The van der Waals surface area contributed by atoms with Crippen molar-refractivity contribution in [3.05, 3.63) is 115 Å². The number of benzene rings is 3. The van der Waals surface area contributed by atoms with Crippen LogP contribution < -0.4 is 10.6 Å². The number of imidazole rings is 2. The number of hydrogen-bond acceptors (Lipinski definition) is 8. The van der Waals surface area contributed by atoms with Gasteiger partial charge in [-0.15, -0.1) is 0 Å². The number of rotatable bonds is 13. The average molecular weight is 936 g/mol. The third kappa shape index (κ3) is 10.2. The van der Waals surface area contributed by atoms with Crippen LogP contribution in [0.2, 0.25) is 0 Å². The van der Waals surface area contributed by atoms with E-state index < -0.39 is 24.3 Å². The number of ether oxygens (including phenoxy) is 2. The molecule has 4 atom stereocenters. The van der Waals surface area contributed by atoms with Gasteiger partial charge in [0.2, 0.25) is 11.8 Å². The minimum absolute atomic E-state index is 0.0107. The molecule has 0 radical (unpaired) electrons. The van der Waals surface area contributed by atoms with E-state index in [-0.39, 0.29) is 41.1 Å². The van der Waals surface area contributed by atoms with Gasteiger partial charge in [-0.25, -0.2) is 19.6 Å². The quantitative estimate of drug-likeness (QED) is 0.0884. The van der Waals surface area contributed by atoms with Gasteiger partial charge in [0.15, 0.2) is 0 Å². The number of alkyl carbamates (subject to hydrolysis) is 2. The minimum atomic E-state index is -0.714. The van der Waals surface area contributed by atoms with E-state index in [0.717, 1.165) is 76.4 Å². The summed E-state index contributed by atoms with van der Waals surface area (Å²) in [7, 11) is 2.59. The number of H-pyrrole nitrogens is 2. The van der Waals surface area contributed by atoms with Gasteiger partial charge >= 0.3 is 12.2 Å². The first-order valence-electron chi connectivity index (χ1n) is 24.0. The Labute approximate surface area is 404 Å². The number of aromatic amines is 2. The summed E-state index contributed by atoms with van der Waals surface area (Å²) in [6.07, 6.45) is 5.58. The van der Waals surface area contributed by atoms with E-state index in [1.807, 2.05) is 49.9 Å². The van der Waals surface area contributed by atoms with Crippen molar-refractivity contribution in [1.29, 1.82) is 0 Å². The summed E-state index contributed by atoms with van der Waals surface area (Å²) in [5.41, 5.74) is 9.94. The number of aromatic nitrogens is 5.